The average Bonchev–Trinajstić information content (AvgIpc) is 2.60. The SMILES string of the molecule is CCCCNC(=O)/C(C#N)=C\c1ccc(OCCCC)c(OC)c1. The molecule has 0 aliphatic rings. The highest BCUT2D eigenvalue weighted by Crippen LogP contribution is 2.29. The number of carbonyl (C=O) groups excluding carboxylic acids is 1. The van der Waals surface area contributed by atoms with E-state index in [1.807, 2.05) is 13.0 Å². The Labute approximate surface area is 144 Å². The Morgan fingerprint density at radius 3 is 2.62 bits per heavy atom. The maximum Gasteiger partial charge on any atom is 0.261 e. The van der Waals surface area contributed by atoms with E-state index in [-0.39, 0.29) is 11.5 Å². The van der Waals surface area contributed by atoms with Crippen LogP contribution >= 0.6 is 0 Å². The highest BCUT2D eigenvalue weighted by Gasteiger charge is 2.10. The van der Waals surface area contributed by atoms with Gasteiger partial charge in [-0.1, -0.05) is 32.8 Å². The van der Waals surface area contributed by atoms with Crippen molar-refractivity contribution >= 4 is 12.0 Å². The van der Waals surface area contributed by atoms with Crippen molar-refractivity contribution in [3.05, 3.63) is 29.3 Å². The Bertz CT molecular complexity index is 603. The van der Waals surface area contributed by atoms with Crippen LogP contribution in [0, 0.1) is 11.3 Å². The van der Waals surface area contributed by atoms with E-state index >= 15 is 0 Å². The van der Waals surface area contributed by atoms with Crippen molar-refractivity contribution in [3.63, 3.8) is 0 Å². The quantitative estimate of drug-likeness (QED) is 0.403. The second kappa shape index (κ2) is 11.1. The number of benzene rings is 1. The normalized spacial score (nSPS) is 10.8. The van der Waals surface area contributed by atoms with Gasteiger partial charge in [-0.3, -0.25) is 4.79 Å². The molecular weight excluding hydrogens is 304 g/mol. The van der Waals surface area contributed by atoms with Crippen molar-refractivity contribution < 1.29 is 14.3 Å². The molecular formula is C19H26N2O3. The van der Waals surface area contributed by atoms with Crippen LogP contribution in [-0.4, -0.2) is 26.2 Å². The van der Waals surface area contributed by atoms with Crippen LogP contribution in [0.25, 0.3) is 6.08 Å². The van der Waals surface area contributed by atoms with Gasteiger partial charge < -0.3 is 14.8 Å². The first-order chi connectivity index (χ1) is 11.7. The molecule has 0 aliphatic heterocycles. The van der Waals surface area contributed by atoms with Crippen molar-refractivity contribution in [2.45, 2.75) is 39.5 Å². The maximum absolute atomic E-state index is 12.0. The van der Waals surface area contributed by atoms with Gasteiger partial charge in [0.25, 0.3) is 5.91 Å². The summed E-state index contributed by atoms with van der Waals surface area (Å²) in [7, 11) is 1.57. The maximum atomic E-state index is 12.0. The van der Waals surface area contributed by atoms with E-state index in [9.17, 15) is 10.1 Å². The summed E-state index contributed by atoms with van der Waals surface area (Å²) in [5.74, 6) is 0.894. The van der Waals surface area contributed by atoms with E-state index in [4.69, 9.17) is 9.47 Å². The lowest BCUT2D eigenvalue weighted by atomic mass is 10.1. The molecule has 1 aromatic carbocycles. The Kier molecular flexibility index (Phi) is 9.06. The molecule has 0 saturated heterocycles. The third-order valence-electron chi connectivity index (χ3n) is 3.44. The lowest BCUT2D eigenvalue weighted by molar-refractivity contribution is -0.117. The molecule has 5 nitrogen and oxygen atoms in total. The van der Waals surface area contributed by atoms with Gasteiger partial charge in [0, 0.05) is 6.54 Å². The summed E-state index contributed by atoms with van der Waals surface area (Å²) in [5.41, 5.74) is 0.796. The van der Waals surface area contributed by atoms with E-state index in [0.29, 0.717) is 24.7 Å². The minimum Gasteiger partial charge on any atom is -0.493 e. The first-order valence-electron chi connectivity index (χ1n) is 8.37. The average molecular weight is 330 g/mol. The number of ether oxygens (including phenoxy) is 2. The van der Waals surface area contributed by atoms with Gasteiger partial charge in [-0.15, -0.1) is 0 Å². The lowest BCUT2D eigenvalue weighted by Gasteiger charge is -2.11. The number of hydrogen-bond acceptors (Lipinski definition) is 4. The van der Waals surface area contributed by atoms with Crippen molar-refractivity contribution in [1.29, 1.82) is 5.26 Å². The number of nitrogens with zero attached hydrogens (tertiary/aromatic N) is 1. The number of unbranched alkanes of at least 4 members (excludes halogenated alkanes) is 2. The number of methoxy groups -OCH3 is 1. The van der Waals surface area contributed by atoms with Crippen LogP contribution in [-0.2, 0) is 4.79 Å². The van der Waals surface area contributed by atoms with Gasteiger partial charge in [0.1, 0.15) is 11.6 Å². The highest BCUT2D eigenvalue weighted by atomic mass is 16.5. The zero-order chi connectivity index (χ0) is 17.8. The van der Waals surface area contributed by atoms with Crippen LogP contribution in [0.15, 0.2) is 23.8 Å². The molecule has 130 valence electrons. The summed E-state index contributed by atoms with van der Waals surface area (Å²) < 4.78 is 11.0. The molecule has 1 rings (SSSR count). The van der Waals surface area contributed by atoms with Gasteiger partial charge in [-0.05, 0) is 36.6 Å². The molecule has 24 heavy (non-hydrogen) atoms. The van der Waals surface area contributed by atoms with Gasteiger partial charge in [0.05, 0.1) is 13.7 Å². The van der Waals surface area contributed by atoms with Gasteiger partial charge in [-0.25, -0.2) is 0 Å². The van der Waals surface area contributed by atoms with E-state index in [1.165, 1.54) is 0 Å². The number of rotatable bonds is 10. The second-order valence-electron chi connectivity index (χ2n) is 5.39. The van der Waals surface area contributed by atoms with Gasteiger partial charge in [0.15, 0.2) is 11.5 Å². The van der Waals surface area contributed by atoms with Crippen molar-refractivity contribution in [2.75, 3.05) is 20.3 Å². The molecule has 0 spiro atoms. The van der Waals surface area contributed by atoms with Gasteiger partial charge >= 0.3 is 0 Å². The summed E-state index contributed by atoms with van der Waals surface area (Å²) in [5, 5.41) is 11.9. The smallest absolute Gasteiger partial charge is 0.261 e. The summed E-state index contributed by atoms with van der Waals surface area (Å²) in [6.45, 7) is 5.35. The fourth-order valence-electron chi connectivity index (χ4n) is 2.01. The Morgan fingerprint density at radius 2 is 2.00 bits per heavy atom. The zero-order valence-corrected chi connectivity index (χ0v) is 14.7. The van der Waals surface area contributed by atoms with Crippen LogP contribution in [0.3, 0.4) is 0 Å². The molecule has 0 unspecified atom stereocenters. The number of nitrogens with one attached hydrogen (secondary N) is 1. The molecule has 0 atom stereocenters. The van der Waals surface area contributed by atoms with Crippen molar-refractivity contribution in [3.8, 4) is 17.6 Å². The van der Waals surface area contributed by atoms with Crippen molar-refractivity contribution in [1.82, 2.24) is 5.32 Å². The molecule has 5 heteroatoms. The second-order valence-corrected chi connectivity index (χ2v) is 5.39. The highest BCUT2D eigenvalue weighted by molar-refractivity contribution is 6.01. The zero-order valence-electron chi connectivity index (χ0n) is 14.7. The van der Waals surface area contributed by atoms with Crippen LogP contribution in [0.5, 0.6) is 11.5 Å². The Hall–Kier alpha value is -2.48. The Balaban J connectivity index is 2.87. The molecule has 0 bridgehead atoms. The molecule has 1 aromatic rings. The van der Waals surface area contributed by atoms with E-state index in [1.54, 1.807) is 31.4 Å². The van der Waals surface area contributed by atoms with Crippen LogP contribution < -0.4 is 14.8 Å². The van der Waals surface area contributed by atoms with Gasteiger partial charge in [-0.2, -0.15) is 5.26 Å². The van der Waals surface area contributed by atoms with Crippen molar-refractivity contribution in [2.24, 2.45) is 0 Å². The molecule has 0 aromatic heterocycles. The number of nitriles is 1. The fourth-order valence-corrected chi connectivity index (χ4v) is 2.01. The third kappa shape index (κ3) is 6.33. The standard InChI is InChI=1S/C19H26N2O3/c1-4-6-10-21-19(22)16(14-20)12-15-8-9-17(18(13-15)23-3)24-11-7-5-2/h8-9,12-13H,4-7,10-11H2,1-3H3,(H,21,22)/b16-12-. The molecule has 0 fully saturated rings. The first-order valence-corrected chi connectivity index (χ1v) is 8.37. The van der Waals surface area contributed by atoms with Crippen LogP contribution in [0.4, 0.5) is 0 Å². The molecule has 0 aliphatic carbocycles. The van der Waals surface area contributed by atoms with Crippen LogP contribution in [0.2, 0.25) is 0 Å². The van der Waals surface area contributed by atoms with Gasteiger partial charge in [0.2, 0.25) is 0 Å². The molecule has 1 N–H and O–H groups in total. The molecule has 0 radical (unpaired) electrons. The molecule has 1 amide bonds. The van der Waals surface area contributed by atoms with E-state index in [0.717, 1.165) is 31.2 Å². The third-order valence-corrected chi connectivity index (χ3v) is 3.44. The Morgan fingerprint density at radius 1 is 1.25 bits per heavy atom. The summed E-state index contributed by atoms with van der Waals surface area (Å²) in [6.07, 6.45) is 5.47. The minimum absolute atomic E-state index is 0.0767. The van der Waals surface area contributed by atoms with E-state index in [2.05, 4.69) is 12.2 Å². The number of carbonyl (C=O) groups is 1. The lowest BCUT2D eigenvalue weighted by Crippen LogP contribution is -2.25. The first kappa shape index (κ1) is 19.6. The molecule has 0 heterocycles. The summed E-state index contributed by atoms with van der Waals surface area (Å²) in [4.78, 5) is 12.0. The van der Waals surface area contributed by atoms with E-state index < -0.39 is 0 Å². The topological polar surface area (TPSA) is 71.4 Å². The molecule has 0 saturated carbocycles. The largest absolute Gasteiger partial charge is 0.493 e. The van der Waals surface area contributed by atoms with Crippen LogP contribution in [0.1, 0.15) is 45.1 Å². The monoisotopic (exact) mass is 330 g/mol. The minimum atomic E-state index is -0.354. The fraction of sp³-hybridized carbons (Fsp3) is 0.474. The predicted molar refractivity (Wildman–Crippen MR) is 94.9 cm³/mol. The summed E-state index contributed by atoms with van der Waals surface area (Å²) >= 11 is 0. The predicted octanol–water partition coefficient (Wildman–Crippen LogP) is 3.70. The number of amides is 1. The number of hydrogen-bond donors (Lipinski definition) is 1. The summed E-state index contributed by atoms with van der Waals surface area (Å²) in [6, 6.07) is 7.31.